The number of Topliss-reactive ketones (excluding diaryl/α,β-unsaturated/α-hetero) is 1. The highest BCUT2D eigenvalue weighted by Gasteiger charge is 2.50. The molecule has 1 aromatic rings. The monoisotopic (exact) mass is 391 g/mol. The number of benzene rings is 1. The van der Waals surface area contributed by atoms with Gasteiger partial charge in [-0.15, -0.1) is 0 Å². The molecule has 10 heteroatoms. The molecule has 1 aliphatic rings. The highest BCUT2D eigenvalue weighted by Crippen LogP contribution is 2.39. The Kier molecular flexibility index (Phi) is 5.10. The number of carbonyl (C=O) groups is 2. The number of ketones is 1. The summed E-state index contributed by atoms with van der Waals surface area (Å²) < 4.78 is 49.6. The van der Waals surface area contributed by atoms with Gasteiger partial charge >= 0.3 is 5.97 Å². The Morgan fingerprint density at radius 3 is 2.60 bits per heavy atom. The highest BCUT2D eigenvalue weighted by molar-refractivity contribution is 7.89. The first-order chi connectivity index (χ1) is 11.5. The highest BCUT2D eigenvalue weighted by atomic mass is 35.5. The summed E-state index contributed by atoms with van der Waals surface area (Å²) in [6.07, 6.45) is 0. The average molecular weight is 392 g/mol. The van der Waals surface area contributed by atoms with Crippen molar-refractivity contribution >= 4 is 33.4 Å². The van der Waals surface area contributed by atoms with Crippen LogP contribution < -0.4 is 4.72 Å². The van der Waals surface area contributed by atoms with Crippen molar-refractivity contribution in [2.75, 3.05) is 5.75 Å². The molecule has 0 fully saturated rings. The Morgan fingerprint density at radius 2 is 2.08 bits per heavy atom. The van der Waals surface area contributed by atoms with Gasteiger partial charge in [0.1, 0.15) is 5.82 Å². The molecule has 25 heavy (non-hydrogen) atoms. The first kappa shape index (κ1) is 19.2. The maximum Gasteiger partial charge on any atom is 0.308 e. The minimum Gasteiger partial charge on any atom is -0.456 e. The van der Waals surface area contributed by atoms with Crippen LogP contribution >= 0.6 is 11.6 Å². The Labute approximate surface area is 148 Å². The van der Waals surface area contributed by atoms with Crippen molar-refractivity contribution < 1.29 is 31.9 Å². The lowest BCUT2D eigenvalue weighted by molar-refractivity contribution is -0.142. The van der Waals surface area contributed by atoms with Gasteiger partial charge in [0.15, 0.2) is 5.60 Å². The van der Waals surface area contributed by atoms with Crippen LogP contribution in [0.4, 0.5) is 4.39 Å². The minimum absolute atomic E-state index is 0.0785. The summed E-state index contributed by atoms with van der Waals surface area (Å²) in [5.74, 6) is -3.88. The number of rotatable bonds is 5. The molecule has 0 bridgehead atoms. The zero-order chi connectivity index (χ0) is 19.0. The molecule has 1 N–H and O–H groups in total. The van der Waals surface area contributed by atoms with Crippen molar-refractivity contribution in [1.29, 1.82) is 0 Å². The van der Waals surface area contributed by atoms with Crippen LogP contribution in [0.2, 0.25) is 5.02 Å². The molecule has 1 heterocycles. The smallest absolute Gasteiger partial charge is 0.308 e. The van der Waals surface area contributed by atoms with Crippen LogP contribution in [0.15, 0.2) is 29.8 Å². The summed E-state index contributed by atoms with van der Waals surface area (Å²) in [4.78, 5) is 23.9. The molecule has 0 spiro atoms. The van der Waals surface area contributed by atoms with E-state index in [0.29, 0.717) is 0 Å². The summed E-state index contributed by atoms with van der Waals surface area (Å²) in [6.45, 7) is 3.72. The van der Waals surface area contributed by atoms with Crippen molar-refractivity contribution in [1.82, 2.24) is 4.72 Å². The van der Waals surface area contributed by atoms with Crippen molar-refractivity contribution in [2.24, 2.45) is 0 Å². The van der Waals surface area contributed by atoms with Gasteiger partial charge in [-0.2, -0.15) is 0 Å². The molecule has 0 aliphatic carbocycles. The van der Waals surface area contributed by atoms with Gasteiger partial charge in [0.25, 0.3) is 5.78 Å². The Morgan fingerprint density at radius 1 is 1.44 bits per heavy atom. The first-order valence-corrected chi connectivity index (χ1v) is 9.15. The fourth-order valence-corrected chi connectivity index (χ4v) is 2.80. The van der Waals surface area contributed by atoms with Crippen LogP contribution in [0.3, 0.4) is 0 Å². The minimum atomic E-state index is -3.81. The van der Waals surface area contributed by atoms with E-state index in [4.69, 9.17) is 21.1 Å². The molecule has 0 amide bonds. The van der Waals surface area contributed by atoms with Crippen molar-refractivity contribution in [3.63, 3.8) is 0 Å². The fraction of sp³-hybridized carbons (Fsp3) is 0.333. The van der Waals surface area contributed by atoms with Crippen LogP contribution in [-0.4, -0.2) is 25.9 Å². The quantitative estimate of drug-likeness (QED) is 0.770. The Bertz CT molecular complexity index is 882. The van der Waals surface area contributed by atoms with E-state index < -0.39 is 44.8 Å². The molecule has 2 rings (SSSR count). The molecular weight excluding hydrogens is 377 g/mol. The van der Waals surface area contributed by atoms with E-state index in [1.165, 1.54) is 26.0 Å². The lowest BCUT2D eigenvalue weighted by atomic mass is 9.91. The van der Waals surface area contributed by atoms with E-state index in [1.54, 1.807) is 0 Å². The standard InChI is InChI=1S/C15H15ClFNO6S/c1-4-25(21,22)18-14-12(23-8(2)19)13(20)15(3,24-14)9-5-6-10(16)11(17)7-9/h5-7,18H,4H2,1-3H3. The summed E-state index contributed by atoms with van der Waals surface area (Å²) in [6, 6.07) is 3.57. The third kappa shape index (κ3) is 3.77. The summed E-state index contributed by atoms with van der Waals surface area (Å²) in [7, 11) is -3.81. The maximum absolute atomic E-state index is 13.8. The Balaban J connectivity index is 2.50. The van der Waals surface area contributed by atoms with Crippen molar-refractivity contribution in [3.05, 3.63) is 46.2 Å². The lowest BCUT2D eigenvalue weighted by Crippen LogP contribution is -2.33. The molecule has 1 aliphatic heterocycles. The second-order valence-electron chi connectivity index (χ2n) is 5.35. The molecule has 0 saturated carbocycles. The van der Waals surface area contributed by atoms with Gasteiger partial charge in [0.2, 0.25) is 21.7 Å². The largest absolute Gasteiger partial charge is 0.456 e. The molecular formula is C15H15ClFNO6S. The molecule has 1 atom stereocenters. The second kappa shape index (κ2) is 6.64. The normalized spacial score (nSPS) is 20.4. The maximum atomic E-state index is 13.8. The number of hydrogen-bond acceptors (Lipinski definition) is 6. The van der Waals surface area contributed by atoms with Crippen LogP contribution in [0.25, 0.3) is 0 Å². The summed E-state index contributed by atoms with van der Waals surface area (Å²) in [5, 5.41) is -0.155. The lowest BCUT2D eigenvalue weighted by Gasteiger charge is -2.23. The number of nitrogens with one attached hydrogen (secondary N) is 1. The van der Waals surface area contributed by atoms with E-state index in [0.717, 1.165) is 13.0 Å². The van der Waals surface area contributed by atoms with Crippen molar-refractivity contribution in [2.45, 2.75) is 26.4 Å². The van der Waals surface area contributed by atoms with Gasteiger partial charge in [-0.25, -0.2) is 12.8 Å². The molecule has 1 aromatic carbocycles. The van der Waals surface area contributed by atoms with Crippen LogP contribution in [-0.2, 0) is 34.7 Å². The van der Waals surface area contributed by atoms with Crippen molar-refractivity contribution in [3.8, 4) is 0 Å². The predicted molar refractivity (Wildman–Crippen MR) is 86.2 cm³/mol. The van der Waals surface area contributed by atoms with Crippen LogP contribution in [0, 0.1) is 5.82 Å². The van der Waals surface area contributed by atoms with Gasteiger partial charge in [0.05, 0.1) is 10.8 Å². The van der Waals surface area contributed by atoms with Gasteiger partial charge in [0, 0.05) is 12.5 Å². The number of esters is 1. The van der Waals surface area contributed by atoms with Gasteiger partial charge in [-0.05, 0) is 26.0 Å². The molecule has 136 valence electrons. The Hall–Kier alpha value is -2.13. The second-order valence-corrected chi connectivity index (χ2v) is 7.77. The average Bonchev–Trinajstić information content (AvgIpc) is 2.74. The topological polar surface area (TPSA) is 98.8 Å². The van der Waals surface area contributed by atoms with Crippen LogP contribution in [0.1, 0.15) is 26.3 Å². The zero-order valence-electron chi connectivity index (χ0n) is 13.6. The summed E-state index contributed by atoms with van der Waals surface area (Å²) >= 11 is 5.63. The van der Waals surface area contributed by atoms with E-state index in [1.807, 2.05) is 0 Å². The van der Waals surface area contributed by atoms with E-state index in [9.17, 15) is 22.4 Å². The number of carbonyl (C=O) groups excluding carboxylic acids is 2. The number of sulfonamides is 1. The molecule has 7 nitrogen and oxygen atoms in total. The van der Waals surface area contributed by atoms with Crippen LogP contribution in [0.5, 0.6) is 0 Å². The van der Waals surface area contributed by atoms with E-state index in [2.05, 4.69) is 4.72 Å². The van der Waals surface area contributed by atoms with Gasteiger partial charge < -0.3 is 9.47 Å². The molecule has 0 aromatic heterocycles. The molecule has 0 radical (unpaired) electrons. The zero-order valence-corrected chi connectivity index (χ0v) is 15.1. The number of halogens is 2. The number of hydrogen-bond donors (Lipinski definition) is 1. The summed E-state index contributed by atoms with van der Waals surface area (Å²) in [5.41, 5.74) is -1.71. The third-order valence-electron chi connectivity index (χ3n) is 3.50. The molecule has 0 saturated heterocycles. The third-order valence-corrected chi connectivity index (χ3v) is 5.06. The molecule has 1 unspecified atom stereocenters. The SMILES string of the molecule is CCS(=O)(=O)NC1=C(OC(C)=O)C(=O)C(C)(c2ccc(Cl)c(F)c2)O1. The van der Waals surface area contributed by atoms with Gasteiger partial charge in [-0.3, -0.25) is 14.3 Å². The van der Waals surface area contributed by atoms with Gasteiger partial charge in [-0.1, -0.05) is 17.7 Å². The van der Waals surface area contributed by atoms with E-state index >= 15 is 0 Å². The number of ether oxygens (including phenoxy) is 2. The predicted octanol–water partition coefficient (Wildman–Crippen LogP) is 1.97. The first-order valence-electron chi connectivity index (χ1n) is 7.12. The van der Waals surface area contributed by atoms with E-state index in [-0.39, 0.29) is 16.3 Å². The fourth-order valence-electron chi connectivity index (χ4n) is 2.12.